The Morgan fingerprint density at radius 1 is 1.04 bits per heavy atom. The molecule has 7 nitrogen and oxygen atoms in total. The van der Waals surface area contributed by atoms with Crippen LogP contribution >= 0.6 is 0 Å². The molecule has 0 bridgehead atoms. The molecule has 2 aromatic carbocycles. The van der Waals surface area contributed by atoms with Gasteiger partial charge in [-0.15, -0.1) is 10.2 Å². The summed E-state index contributed by atoms with van der Waals surface area (Å²) >= 11 is 0. The van der Waals surface area contributed by atoms with E-state index in [4.69, 9.17) is 9.57 Å². The molecule has 1 aliphatic heterocycles. The van der Waals surface area contributed by atoms with Crippen LogP contribution in [0.15, 0.2) is 36.4 Å². The second-order valence-corrected chi connectivity index (χ2v) is 6.77. The Bertz CT molecular complexity index is 931. The number of hydroxylamine groups is 2. The molecule has 0 saturated carbocycles. The van der Waals surface area contributed by atoms with E-state index in [-0.39, 0.29) is 0 Å². The average Bonchev–Trinajstić information content (AvgIpc) is 3.04. The lowest BCUT2D eigenvalue weighted by molar-refractivity contribution is -0.133. The summed E-state index contributed by atoms with van der Waals surface area (Å²) in [5.74, 6) is 2.53. The molecule has 27 heavy (non-hydrogen) atoms. The van der Waals surface area contributed by atoms with Crippen LogP contribution < -0.4 is 9.64 Å². The largest absolute Gasteiger partial charge is 0.486 e. The van der Waals surface area contributed by atoms with Gasteiger partial charge >= 0.3 is 0 Å². The predicted octanol–water partition coefficient (Wildman–Crippen LogP) is 2.54. The van der Waals surface area contributed by atoms with E-state index >= 15 is 0 Å². The summed E-state index contributed by atoms with van der Waals surface area (Å²) < 4.78 is 7.95. The minimum Gasteiger partial charge on any atom is -0.486 e. The molecule has 7 heteroatoms. The zero-order valence-corrected chi connectivity index (χ0v) is 16.1. The molecule has 0 N–H and O–H groups in total. The van der Waals surface area contributed by atoms with E-state index in [9.17, 15) is 0 Å². The van der Waals surface area contributed by atoms with Gasteiger partial charge in [-0.2, -0.15) is 5.06 Å². The van der Waals surface area contributed by atoms with Gasteiger partial charge in [0.25, 0.3) is 0 Å². The van der Waals surface area contributed by atoms with Crippen molar-refractivity contribution < 1.29 is 9.57 Å². The lowest BCUT2D eigenvalue weighted by Crippen LogP contribution is -2.45. The summed E-state index contributed by atoms with van der Waals surface area (Å²) in [6.45, 7) is 6.01. The maximum absolute atomic E-state index is 6.00. The Morgan fingerprint density at radius 2 is 1.85 bits per heavy atom. The smallest absolute Gasteiger partial charge is 0.170 e. The van der Waals surface area contributed by atoms with Gasteiger partial charge in [-0.25, -0.2) is 0 Å². The van der Waals surface area contributed by atoms with Gasteiger partial charge in [0.1, 0.15) is 18.2 Å². The fourth-order valence-corrected chi connectivity index (χ4v) is 3.44. The lowest BCUT2D eigenvalue weighted by atomic mass is 10.1. The third-order valence-electron chi connectivity index (χ3n) is 5.22. The number of aromatic nitrogens is 3. The summed E-state index contributed by atoms with van der Waals surface area (Å²) in [6.07, 6.45) is 0. The van der Waals surface area contributed by atoms with Crippen LogP contribution in [-0.2, 0) is 18.5 Å². The van der Waals surface area contributed by atoms with Gasteiger partial charge in [0.15, 0.2) is 5.82 Å². The quantitative estimate of drug-likeness (QED) is 0.691. The number of rotatable bonds is 5. The Hall–Kier alpha value is -2.64. The van der Waals surface area contributed by atoms with E-state index in [0.717, 1.165) is 43.6 Å². The molecule has 4 rings (SSSR count). The fraction of sp³-hybridized carbons (Fsp3) is 0.400. The van der Waals surface area contributed by atoms with Crippen molar-refractivity contribution >= 4 is 16.5 Å². The molecule has 0 unspecified atom stereocenters. The van der Waals surface area contributed by atoms with Crippen molar-refractivity contribution in [3.05, 3.63) is 48.0 Å². The first-order valence-corrected chi connectivity index (χ1v) is 9.20. The van der Waals surface area contributed by atoms with Gasteiger partial charge in [-0.3, -0.25) is 0 Å². The number of fused-ring (bicyclic) bond motifs is 1. The number of hydrogen-bond acceptors (Lipinski definition) is 6. The number of nitrogens with zero attached hydrogens (tertiary/aromatic N) is 5. The van der Waals surface area contributed by atoms with E-state index in [2.05, 4.69) is 45.4 Å². The summed E-state index contributed by atoms with van der Waals surface area (Å²) in [5, 5.41) is 12.7. The van der Waals surface area contributed by atoms with E-state index in [1.54, 1.807) is 7.11 Å². The molecule has 142 valence electrons. The molecule has 0 atom stereocenters. The Morgan fingerprint density at radius 3 is 2.56 bits per heavy atom. The van der Waals surface area contributed by atoms with Crippen molar-refractivity contribution in [2.75, 3.05) is 38.2 Å². The first kappa shape index (κ1) is 17.8. The monoisotopic (exact) mass is 367 g/mol. The number of anilines is 1. The maximum Gasteiger partial charge on any atom is 0.170 e. The SMILES string of the molecule is CON1CCN(c2cccc3ccc(OCc4nnc(C)n4C)cc23)CC1. The molecule has 2 heterocycles. The number of hydrogen-bond donors (Lipinski definition) is 0. The number of piperazine rings is 1. The third kappa shape index (κ3) is 3.61. The molecular weight excluding hydrogens is 342 g/mol. The molecule has 1 fully saturated rings. The summed E-state index contributed by atoms with van der Waals surface area (Å²) in [7, 11) is 3.68. The van der Waals surface area contributed by atoms with Crippen LogP contribution in [0.2, 0.25) is 0 Å². The normalized spacial score (nSPS) is 15.4. The summed E-state index contributed by atoms with van der Waals surface area (Å²) in [5.41, 5.74) is 1.24. The second kappa shape index (κ2) is 7.54. The fourth-order valence-electron chi connectivity index (χ4n) is 3.44. The van der Waals surface area contributed by atoms with E-state index < -0.39 is 0 Å². The highest BCUT2D eigenvalue weighted by Crippen LogP contribution is 2.31. The van der Waals surface area contributed by atoms with E-state index in [0.29, 0.717) is 6.61 Å². The van der Waals surface area contributed by atoms with Crippen molar-refractivity contribution in [1.82, 2.24) is 19.8 Å². The van der Waals surface area contributed by atoms with Crippen LogP contribution in [0.1, 0.15) is 11.6 Å². The van der Waals surface area contributed by atoms with Crippen LogP contribution in [0, 0.1) is 6.92 Å². The summed E-state index contributed by atoms with van der Waals surface area (Å²) in [6, 6.07) is 12.7. The molecule has 0 radical (unpaired) electrons. The maximum atomic E-state index is 6.00. The minimum absolute atomic E-state index is 0.400. The summed E-state index contributed by atoms with van der Waals surface area (Å²) in [4.78, 5) is 7.75. The van der Waals surface area contributed by atoms with Crippen molar-refractivity contribution in [3.8, 4) is 5.75 Å². The van der Waals surface area contributed by atoms with Crippen molar-refractivity contribution in [1.29, 1.82) is 0 Å². The molecule has 0 aliphatic carbocycles. The van der Waals surface area contributed by atoms with Gasteiger partial charge < -0.3 is 19.0 Å². The minimum atomic E-state index is 0.400. The van der Waals surface area contributed by atoms with Gasteiger partial charge in [0.05, 0.1) is 7.11 Å². The molecule has 1 aliphatic rings. The van der Waals surface area contributed by atoms with Crippen molar-refractivity contribution in [2.45, 2.75) is 13.5 Å². The topological polar surface area (TPSA) is 55.6 Å². The predicted molar refractivity (Wildman–Crippen MR) is 105 cm³/mol. The second-order valence-electron chi connectivity index (χ2n) is 6.77. The van der Waals surface area contributed by atoms with Crippen molar-refractivity contribution in [2.24, 2.45) is 7.05 Å². The van der Waals surface area contributed by atoms with Gasteiger partial charge in [-0.05, 0) is 30.5 Å². The third-order valence-corrected chi connectivity index (χ3v) is 5.22. The molecular formula is C20H25N5O2. The van der Waals surface area contributed by atoms with Gasteiger partial charge in [-0.1, -0.05) is 18.2 Å². The molecule has 1 aromatic heterocycles. The van der Waals surface area contributed by atoms with Gasteiger partial charge in [0, 0.05) is 44.3 Å². The highest BCUT2D eigenvalue weighted by atomic mass is 16.7. The Balaban J connectivity index is 1.56. The van der Waals surface area contributed by atoms with Crippen molar-refractivity contribution in [3.63, 3.8) is 0 Å². The average molecular weight is 367 g/mol. The van der Waals surface area contributed by atoms with Crippen LogP contribution in [-0.4, -0.2) is 53.1 Å². The molecule has 0 spiro atoms. The van der Waals surface area contributed by atoms with Crippen LogP contribution in [0.4, 0.5) is 5.69 Å². The molecule has 0 amide bonds. The Kier molecular flexibility index (Phi) is 4.96. The standard InChI is InChI=1S/C20H25N5O2/c1-15-21-22-20(23(15)2)14-27-17-8-7-16-5-4-6-19(18(16)13-17)24-9-11-25(26-3)12-10-24/h4-8,13H,9-12,14H2,1-3H3. The number of aryl methyl sites for hydroxylation is 1. The van der Waals surface area contributed by atoms with Gasteiger partial charge in [0.2, 0.25) is 0 Å². The van der Waals surface area contributed by atoms with Crippen LogP contribution in [0.25, 0.3) is 10.8 Å². The van der Waals surface area contributed by atoms with E-state index in [1.165, 1.54) is 16.5 Å². The first-order valence-electron chi connectivity index (χ1n) is 9.20. The highest BCUT2D eigenvalue weighted by Gasteiger charge is 2.18. The number of benzene rings is 2. The zero-order chi connectivity index (χ0) is 18.8. The lowest BCUT2D eigenvalue weighted by Gasteiger charge is -2.35. The first-order chi connectivity index (χ1) is 13.2. The molecule has 3 aromatic rings. The van der Waals surface area contributed by atoms with Crippen LogP contribution in [0.5, 0.6) is 5.75 Å². The zero-order valence-electron chi connectivity index (χ0n) is 16.1. The van der Waals surface area contributed by atoms with E-state index in [1.807, 2.05) is 29.7 Å². The molecule has 1 saturated heterocycles. The number of ether oxygens (including phenoxy) is 1. The van der Waals surface area contributed by atoms with Crippen LogP contribution in [0.3, 0.4) is 0 Å². The highest BCUT2D eigenvalue weighted by molar-refractivity contribution is 5.95. The Labute approximate surface area is 159 Å².